The second kappa shape index (κ2) is 6.42. The fraction of sp³-hybridized carbons (Fsp3) is 0.143. The van der Waals surface area contributed by atoms with Gasteiger partial charge in [0.25, 0.3) is 5.91 Å². The van der Waals surface area contributed by atoms with Gasteiger partial charge in [0.1, 0.15) is 11.5 Å². The van der Waals surface area contributed by atoms with Gasteiger partial charge in [0.2, 0.25) is 0 Å². The van der Waals surface area contributed by atoms with E-state index < -0.39 is 11.9 Å². The van der Waals surface area contributed by atoms with Crippen LogP contribution in [0.5, 0.6) is 5.75 Å². The normalized spacial score (nSPS) is 9.85. The second-order valence-electron chi connectivity index (χ2n) is 3.94. The SMILES string of the molecule is COc1ccc(C(=O)NC(=O)NCc2ccco2)cc1. The summed E-state index contributed by atoms with van der Waals surface area (Å²) in [7, 11) is 1.54. The van der Waals surface area contributed by atoms with E-state index in [4.69, 9.17) is 9.15 Å². The molecule has 0 unspecified atom stereocenters. The van der Waals surface area contributed by atoms with Gasteiger partial charge in [-0.05, 0) is 36.4 Å². The molecule has 104 valence electrons. The number of hydrogen-bond acceptors (Lipinski definition) is 4. The number of carbonyl (C=O) groups excluding carboxylic acids is 2. The van der Waals surface area contributed by atoms with Crippen LogP contribution < -0.4 is 15.4 Å². The Morgan fingerprint density at radius 2 is 1.95 bits per heavy atom. The molecule has 0 saturated carbocycles. The molecule has 2 aromatic rings. The number of benzene rings is 1. The summed E-state index contributed by atoms with van der Waals surface area (Å²) in [5, 5.41) is 4.74. The minimum Gasteiger partial charge on any atom is -0.497 e. The molecule has 0 saturated heterocycles. The number of furan rings is 1. The highest BCUT2D eigenvalue weighted by atomic mass is 16.5. The van der Waals surface area contributed by atoms with Crippen molar-refractivity contribution in [3.63, 3.8) is 0 Å². The van der Waals surface area contributed by atoms with Gasteiger partial charge in [-0.1, -0.05) is 0 Å². The van der Waals surface area contributed by atoms with Crippen molar-refractivity contribution in [2.45, 2.75) is 6.54 Å². The molecule has 2 rings (SSSR count). The van der Waals surface area contributed by atoms with E-state index in [-0.39, 0.29) is 6.54 Å². The number of rotatable bonds is 4. The van der Waals surface area contributed by atoms with Crippen LogP contribution in [0.1, 0.15) is 16.1 Å². The topological polar surface area (TPSA) is 80.6 Å². The van der Waals surface area contributed by atoms with Crippen LogP contribution in [-0.2, 0) is 6.54 Å². The van der Waals surface area contributed by atoms with E-state index in [0.717, 1.165) is 0 Å². The molecule has 3 amide bonds. The zero-order valence-corrected chi connectivity index (χ0v) is 10.9. The number of imide groups is 1. The van der Waals surface area contributed by atoms with Gasteiger partial charge >= 0.3 is 6.03 Å². The molecule has 0 bridgehead atoms. The molecule has 1 heterocycles. The van der Waals surface area contributed by atoms with Crippen LogP contribution in [0.15, 0.2) is 47.1 Å². The van der Waals surface area contributed by atoms with Crippen LogP contribution in [0.3, 0.4) is 0 Å². The Balaban J connectivity index is 1.85. The number of methoxy groups -OCH3 is 1. The maximum Gasteiger partial charge on any atom is 0.322 e. The van der Waals surface area contributed by atoms with E-state index in [9.17, 15) is 9.59 Å². The summed E-state index contributed by atoms with van der Waals surface area (Å²) in [5.41, 5.74) is 0.374. The fourth-order valence-electron chi connectivity index (χ4n) is 1.54. The third-order valence-corrected chi connectivity index (χ3v) is 2.58. The molecule has 0 radical (unpaired) electrons. The molecule has 0 aliphatic heterocycles. The zero-order chi connectivity index (χ0) is 14.4. The smallest absolute Gasteiger partial charge is 0.322 e. The Morgan fingerprint density at radius 3 is 2.55 bits per heavy atom. The molecule has 1 aromatic heterocycles. The van der Waals surface area contributed by atoms with Crippen molar-refractivity contribution in [1.29, 1.82) is 0 Å². The highest BCUT2D eigenvalue weighted by Crippen LogP contribution is 2.10. The van der Waals surface area contributed by atoms with Gasteiger partial charge in [0, 0.05) is 5.56 Å². The predicted octanol–water partition coefficient (Wildman–Crippen LogP) is 1.93. The Labute approximate surface area is 115 Å². The van der Waals surface area contributed by atoms with E-state index in [2.05, 4.69) is 10.6 Å². The van der Waals surface area contributed by atoms with Crippen molar-refractivity contribution in [3.05, 3.63) is 54.0 Å². The van der Waals surface area contributed by atoms with Gasteiger partial charge in [0.05, 0.1) is 19.9 Å². The zero-order valence-electron chi connectivity index (χ0n) is 10.9. The Kier molecular flexibility index (Phi) is 4.39. The van der Waals surface area contributed by atoms with Crippen LogP contribution in [-0.4, -0.2) is 19.0 Å². The average Bonchev–Trinajstić information content (AvgIpc) is 2.98. The standard InChI is InChI=1S/C14H14N2O4/c1-19-11-6-4-10(5-7-11)13(17)16-14(18)15-9-12-3-2-8-20-12/h2-8H,9H2,1H3,(H2,15,16,17,18). The first-order valence-corrected chi connectivity index (χ1v) is 5.94. The molecule has 0 aliphatic carbocycles. The van der Waals surface area contributed by atoms with E-state index >= 15 is 0 Å². The highest BCUT2D eigenvalue weighted by Gasteiger charge is 2.10. The first-order chi connectivity index (χ1) is 9.69. The van der Waals surface area contributed by atoms with Crippen LogP contribution >= 0.6 is 0 Å². The lowest BCUT2D eigenvalue weighted by Gasteiger charge is -2.06. The first-order valence-electron chi connectivity index (χ1n) is 5.94. The van der Waals surface area contributed by atoms with Crippen molar-refractivity contribution < 1.29 is 18.7 Å². The highest BCUT2D eigenvalue weighted by molar-refractivity contribution is 6.04. The monoisotopic (exact) mass is 274 g/mol. The van der Waals surface area contributed by atoms with Gasteiger partial charge < -0.3 is 14.5 Å². The van der Waals surface area contributed by atoms with Crippen molar-refractivity contribution in [1.82, 2.24) is 10.6 Å². The molecular formula is C14H14N2O4. The Hall–Kier alpha value is -2.76. The number of nitrogens with one attached hydrogen (secondary N) is 2. The quantitative estimate of drug-likeness (QED) is 0.892. The third-order valence-electron chi connectivity index (χ3n) is 2.58. The lowest BCUT2D eigenvalue weighted by molar-refractivity contribution is 0.0963. The number of amides is 3. The summed E-state index contributed by atoms with van der Waals surface area (Å²) in [6, 6.07) is 9.32. The molecule has 2 N–H and O–H groups in total. The van der Waals surface area contributed by atoms with Gasteiger partial charge in [-0.15, -0.1) is 0 Å². The van der Waals surface area contributed by atoms with Crippen molar-refractivity contribution >= 4 is 11.9 Å². The van der Waals surface area contributed by atoms with E-state index in [1.54, 1.807) is 36.4 Å². The van der Waals surface area contributed by atoms with Crippen LogP contribution in [0.25, 0.3) is 0 Å². The molecule has 0 fully saturated rings. The number of urea groups is 1. The van der Waals surface area contributed by atoms with Gasteiger partial charge in [-0.25, -0.2) is 4.79 Å². The number of hydrogen-bond donors (Lipinski definition) is 2. The molecule has 6 heteroatoms. The minimum absolute atomic E-state index is 0.217. The van der Waals surface area contributed by atoms with Crippen molar-refractivity contribution in [3.8, 4) is 5.75 Å². The summed E-state index contributed by atoms with van der Waals surface area (Å²) >= 11 is 0. The third kappa shape index (κ3) is 3.61. The number of ether oxygens (including phenoxy) is 1. The second-order valence-corrected chi connectivity index (χ2v) is 3.94. The van der Waals surface area contributed by atoms with Gasteiger partial charge in [-0.3, -0.25) is 10.1 Å². The summed E-state index contributed by atoms with van der Waals surface area (Å²) < 4.78 is 10.0. The Bertz CT molecular complexity index is 576. The van der Waals surface area contributed by atoms with Crippen molar-refractivity contribution in [2.24, 2.45) is 0 Å². The maximum absolute atomic E-state index is 11.8. The first kappa shape index (κ1) is 13.7. The molecule has 0 spiro atoms. The van der Waals surface area contributed by atoms with Crippen LogP contribution in [0, 0.1) is 0 Å². The average molecular weight is 274 g/mol. The predicted molar refractivity (Wildman–Crippen MR) is 71.4 cm³/mol. The molecule has 0 atom stereocenters. The fourth-order valence-corrected chi connectivity index (χ4v) is 1.54. The molecule has 20 heavy (non-hydrogen) atoms. The van der Waals surface area contributed by atoms with Crippen molar-refractivity contribution in [2.75, 3.05) is 7.11 Å². The minimum atomic E-state index is -0.581. The summed E-state index contributed by atoms with van der Waals surface area (Å²) in [4.78, 5) is 23.3. The van der Waals surface area contributed by atoms with Crippen LogP contribution in [0.4, 0.5) is 4.79 Å². The molecule has 0 aliphatic rings. The lowest BCUT2D eigenvalue weighted by Crippen LogP contribution is -2.39. The molecule has 6 nitrogen and oxygen atoms in total. The van der Waals surface area contributed by atoms with Crippen LogP contribution in [0.2, 0.25) is 0 Å². The molecule has 1 aromatic carbocycles. The largest absolute Gasteiger partial charge is 0.497 e. The summed E-state index contributed by atoms with van der Waals surface area (Å²) in [6.07, 6.45) is 1.51. The summed E-state index contributed by atoms with van der Waals surface area (Å²) in [6.45, 7) is 0.217. The lowest BCUT2D eigenvalue weighted by atomic mass is 10.2. The van der Waals surface area contributed by atoms with E-state index in [0.29, 0.717) is 17.1 Å². The Morgan fingerprint density at radius 1 is 1.20 bits per heavy atom. The number of carbonyl (C=O) groups is 2. The maximum atomic E-state index is 11.8. The van der Waals surface area contributed by atoms with E-state index in [1.165, 1.54) is 13.4 Å². The van der Waals surface area contributed by atoms with E-state index in [1.807, 2.05) is 0 Å². The molecular weight excluding hydrogens is 260 g/mol. The van der Waals surface area contributed by atoms with Gasteiger partial charge in [0.15, 0.2) is 0 Å². The summed E-state index contributed by atoms with van der Waals surface area (Å²) in [5.74, 6) is 0.769. The van der Waals surface area contributed by atoms with Gasteiger partial charge in [-0.2, -0.15) is 0 Å².